The summed E-state index contributed by atoms with van der Waals surface area (Å²) in [5.41, 5.74) is 4.68. The molecule has 2 amide bonds. The number of anilines is 1. The molecule has 180 valence electrons. The highest BCUT2D eigenvalue weighted by atomic mass is 79.9. The van der Waals surface area contributed by atoms with Gasteiger partial charge in [-0.05, 0) is 56.4 Å². The van der Waals surface area contributed by atoms with Gasteiger partial charge in [-0.3, -0.25) is 9.59 Å². The van der Waals surface area contributed by atoms with Crippen LogP contribution in [0.2, 0.25) is 0 Å². The first kappa shape index (κ1) is 24.3. The van der Waals surface area contributed by atoms with Gasteiger partial charge in [0.2, 0.25) is 5.91 Å². The number of fused-ring (bicyclic) bond motifs is 3. The molecule has 3 aromatic rings. The highest BCUT2D eigenvalue weighted by Gasteiger charge is 2.30. The van der Waals surface area contributed by atoms with Crippen LogP contribution in [0.4, 0.5) is 10.5 Å². The Labute approximate surface area is 210 Å². The number of benzene rings is 3. The Bertz CT molecular complexity index is 1230. The molecule has 0 saturated heterocycles. The lowest BCUT2D eigenvalue weighted by Crippen LogP contribution is -2.45. The normalized spacial score (nSPS) is 12.7. The smallest absolute Gasteiger partial charge is 0.407 e. The highest BCUT2D eigenvalue weighted by molar-refractivity contribution is 9.10. The molecule has 9 heteroatoms. The first-order valence-electron chi connectivity index (χ1n) is 10.8. The lowest BCUT2D eigenvalue weighted by molar-refractivity contribution is -0.139. The van der Waals surface area contributed by atoms with E-state index in [0.717, 1.165) is 22.3 Å². The second-order valence-corrected chi connectivity index (χ2v) is 8.81. The van der Waals surface area contributed by atoms with E-state index in [1.54, 1.807) is 18.2 Å². The van der Waals surface area contributed by atoms with Crippen LogP contribution in [0.15, 0.2) is 71.2 Å². The Morgan fingerprint density at radius 2 is 1.63 bits per heavy atom. The molecule has 1 aliphatic carbocycles. The predicted octanol–water partition coefficient (Wildman–Crippen LogP) is 4.78. The number of aliphatic carboxylic acids is 1. The van der Waals surface area contributed by atoms with Crippen LogP contribution in [0.3, 0.4) is 0 Å². The zero-order chi connectivity index (χ0) is 24.9. The van der Waals surface area contributed by atoms with Crippen molar-refractivity contribution in [2.45, 2.75) is 18.4 Å². The quantitative estimate of drug-likeness (QED) is 0.380. The SMILES string of the molecule is COc1ccc(NC(=O)C(CC(=O)O)NC(=O)OCC2c3ccccc3-c3ccccc32)cc1Br. The summed E-state index contributed by atoms with van der Waals surface area (Å²) in [6, 6.07) is 19.4. The fraction of sp³-hybridized carbons (Fsp3) is 0.192. The van der Waals surface area contributed by atoms with Crippen molar-refractivity contribution < 1.29 is 29.0 Å². The van der Waals surface area contributed by atoms with Gasteiger partial charge >= 0.3 is 12.1 Å². The Balaban J connectivity index is 1.42. The summed E-state index contributed by atoms with van der Waals surface area (Å²) in [6.07, 6.45) is -1.47. The molecule has 1 aliphatic rings. The van der Waals surface area contributed by atoms with E-state index in [1.807, 2.05) is 48.5 Å². The summed E-state index contributed by atoms with van der Waals surface area (Å²) < 4.78 is 11.2. The minimum Gasteiger partial charge on any atom is -0.496 e. The van der Waals surface area contributed by atoms with Crippen molar-refractivity contribution in [2.75, 3.05) is 19.0 Å². The topological polar surface area (TPSA) is 114 Å². The number of hydrogen-bond donors (Lipinski definition) is 3. The van der Waals surface area contributed by atoms with Gasteiger partial charge in [0.1, 0.15) is 18.4 Å². The zero-order valence-electron chi connectivity index (χ0n) is 18.8. The molecule has 1 unspecified atom stereocenters. The predicted molar refractivity (Wildman–Crippen MR) is 134 cm³/mol. The molecule has 0 aromatic heterocycles. The van der Waals surface area contributed by atoms with Crippen LogP contribution in [-0.2, 0) is 14.3 Å². The average molecular weight is 539 g/mol. The number of carbonyl (C=O) groups excluding carboxylic acids is 2. The van der Waals surface area contributed by atoms with E-state index >= 15 is 0 Å². The number of carboxylic acids is 1. The van der Waals surface area contributed by atoms with Crippen molar-refractivity contribution in [3.8, 4) is 16.9 Å². The summed E-state index contributed by atoms with van der Waals surface area (Å²) in [5.74, 6) is -1.50. The van der Waals surface area contributed by atoms with Crippen LogP contribution < -0.4 is 15.4 Å². The number of halogens is 1. The van der Waals surface area contributed by atoms with Crippen molar-refractivity contribution in [2.24, 2.45) is 0 Å². The Morgan fingerprint density at radius 1 is 1.00 bits per heavy atom. The lowest BCUT2D eigenvalue weighted by atomic mass is 9.98. The van der Waals surface area contributed by atoms with Gasteiger partial charge in [0, 0.05) is 11.6 Å². The number of methoxy groups -OCH3 is 1. The van der Waals surface area contributed by atoms with Gasteiger partial charge < -0.3 is 25.2 Å². The van der Waals surface area contributed by atoms with Crippen LogP contribution in [0, 0.1) is 0 Å². The number of nitrogens with one attached hydrogen (secondary N) is 2. The zero-order valence-corrected chi connectivity index (χ0v) is 20.4. The summed E-state index contributed by atoms with van der Waals surface area (Å²) in [5, 5.41) is 14.2. The molecule has 0 saturated carbocycles. The monoisotopic (exact) mass is 538 g/mol. The van der Waals surface area contributed by atoms with Crippen molar-refractivity contribution in [3.63, 3.8) is 0 Å². The Morgan fingerprint density at radius 3 is 2.20 bits per heavy atom. The number of amides is 2. The van der Waals surface area contributed by atoms with Gasteiger partial charge in [0.15, 0.2) is 0 Å². The minimum atomic E-state index is -1.33. The van der Waals surface area contributed by atoms with E-state index in [-0.39, 0.29) is 12.5 Å². The standard InChI is InChI=1S/C26H23BrN2O6/c1-34-23-11-10-15(12-21(23)27)28-25(32)22(13-24(30)31)29-26(33)35-14-20-18-8-4-2-6-16(18)17-7-3-5-9-19(17)20/h2-12,20,22H,13-14H2,1H3,(H,28,32)(H,29,33)(H,30,31). The van der Waals surface area contributed by atoms with E-state index in [2.05, 4.69) is 26.6 Å². The molecular weight excluding hydrogens is 516 g/mol. The van der Waals surface area contributed by atoms with Crippen LogP contribution in [0.5, 0.6) is 5.75 Å². The van der Waals surface area contributed by atoms with Gasteiger partial charge in [0.05, 0.1) is 18.0 Å². The largest absolute Gasteiger partial charge is 0.496 e. The number of rotatable bonds is 8. The van der Waals surface area contributed by atoms with Crippen molar-refractivity contribution in [1.29, 1.82) is 0 Å². The molecule has 3 aromatic carbocycles. The summed E-state index contributed by atoms with van der Waals surface area (Å²) in [7, 11) is 1.51. The van der Waals surface area contributed by atoms with E-state index in [4.69, 9.17) is 9.47 Å². The Kier molecular flexibility index (Phi) is 7.36. The Hall–Kier alpha value is -3.85. The van der Waals surface area contributed by atoms with Crippen molar-refractivity contribution >= 4 is 39.6 Å². The second-order valence-electron chi connectivity index (χ2n) is 7.96. The molecule has 0 heterocycles. The van der Waals surface area contributed by atoms with Crippen LogP contribution in [0.1, 0.15) is 23.5 Å². The second kappa shape index (κ2) is 10.6. The van der Waals surface area contributed by atoms with E-state index in [9.17, 15) is 19.5 Å². The number of hydrogen-bond acceptors (Lipinski definition) is 5. The van der Waals surface area contributed by atoms with Crippen LogP contribution in [-0.4, -0.2) is 42.8 Å². The number of carboxylic acid groups (broad SMARTS) is 1. The number of alkyl carbamates (subject to hydrolysis) is 1. The van der Waals surface area contributed by atoms with Gasteiger partial charge in [-0.2, -0.15) is 0 Å². The van der Waals surface area contributed by atoms with Crippen molar-refractivity contribution in [3.05, 3.63) is 82.3 Å². The molecule has 0 radical (unpaired) electrons. The summed E-state index contributed by atoms with van der Waals surface area (Å²) in [4.78, 5) is 36.7. The van der Waals surface area contributed by atoms with E-state index in [0.29, 0.717) is 15.9 Å². The molecule has 8 nitrogen and oxygen atoms in total. The summed E-state index contributed by atoms with van der Waals surface area (Å²) in [6.45, 7) is 0.0483. The number of carbonyl (C=O) groups is 3. The van der Waals surface area contributed by atoms with Gasteiger partial charge in [-0.25, -0.2) is 4.79 Å². The van der Waals surface area contributed by atoms with Gasteiger partial charge in [0.25, 0.3) is 0 Å². The first-order chi connectivity index (χ1) is 16.9. The molecule has 1 atom stereocenters. The van der Waals surface area contributed by atoms with E-state index < -0.39 is 30.4 Å². The first-order valence-corrected chi connectivity index (χ1v) is 11.6. The van der Waals surface area contributed by atoms with Gasteiger partial charge in [-0.15, -0.1) is 0 Å². The molecule has 0 spiro atoms. The lowest BCUT2D eigenvalue weighted by Gasteiger charge is -2.19. The summed E-state index contributed by atoms with van der Waals surface area (Å²) >= 11 is 3.33. The molecule has 0 bridgehead atoms. The molecule has 0 aliphatic heterocycles. The third kappa shape index (κ3) is 5.46. The maximum Gasteiger partial charge on any atom is 0.407 e. The highest BCUT2D eigenvalue weighted by Crippen LogP contribution is 2.44. The average Bonchev–Trinajstić information content (AvgIpc) is 3.16. The molecule has 0 fully saturated rings. The maximum absolute atomic E-state index is 12.7. The molecule has 3 N–H and O–H groups in total. The molecule has 35 heavy (non-hydrogen) atoms. The van der Waals surface area contributed by atoms with Crippen molar-refractivity contribution in [1.82, 2.24) is 5.32 Å². The molecule has 4 rings (SSSR count). The third-order valence-corrected chi connectivity index (χ3v) is 6.37. The third-order valence-electron chi connectivity index (χ3n) is 5.75. The van der Waals surface area contributed by atoms with Gasteiger partial charge in [-0.1, -0.05) is 48.5 Å². The molecular formula is C26H23BrN2O6. The maximum atomic E-state index is 12.7. The number of ether oxygens (including phenoxy) is 2. The fourth-order valence-corrected chi connectivity index (χ4v) is 4.68. The fourth-order valence-electron chi connectivity index (χ4n) is 4.14. The van der Waals surface area contributed by atoms with E-state index in [1.165, 1.54) is 7.11 Å². The minimum absolute atomic E-state index is 0.0483. The van der Waals surface area contributed by atoms with Crippen LogP contribution in [0.25, 0.3) is 11.1 Å². The van der Waals surface area contributed by atoms with Crippen LogP contribution >= 0.6 is 15.9 Å².